The molecule has 1 heterocycles. The zero-order chi connectivity index (χ0) is 9.26. The van der Waals surface area contributed by atoms with E-state index in [1.54, 1.807) is 0 Å². The van der Waals surface area contributed by atoms with Crippen LogP contribution in [0.4, 0.5) is 0 Å². The molecule has 2 radical (unpaired) electrons. The van der Waals surface area contributed by atoms with Gasteiger partial charge in [0.25, 0.3) is 0 Å². The average Bonchev–Trinajstić information content (AvgIpc) is 2.44. The number of nitrogens with zero attached hydrogens (tertiary/aromatic N) is 1. The largest absolute Gasteiger partial charge is 0.351 e. The van der Waals surface area contributed by atoms with Crippen LogP contribution in [0.1, 0.15) is 5.56 Å². The Labute approximate surface area is 77.8 Å². The second-order valence-corrected chi connectivity index (χ2v) is 3.01. The molecule has 3 nitrogen and oxygen atoms in total. The Morgan fingerprint density at radius 3 is 3.08 bits per heavy atom. The highest BCUT2D eigenvalue weighted by molar-refractivity contribution is 6.30. The highest BCUT2D eigenvalue weighted by Gasteiger charge is 1.99. The quantitative estimate of drug-likeness (QED) is 0.617. The van der Waals surface area contributed by atoms with Crippen molar-refractivity contribution in [3.05, 3.63) is 23.8 Å². The van der Waals surface area contributed by atoms with Gasteiger partial charge in [-0.25, -0.2) is 4.98 Å². The van der Waals surface area contributed by atoms with Gasteiger partial charge < -0.3 is 10.7 Å². The predicted octanol–water partition coefficient (Wildman–Crippen LogP) is -0.142. The molecule has 4 heteroatoms. The van der Waals surface area contributed by atoms with Crippen LogP contribution < -0.4 is 11.5 Å². The molecule has 0 saturated carbocycles. The van der Waals surface area contributed by atoms with Gasteiger partial charge in [0.15, 0.2) is 7.85 Å². The maximum absolute atomic E-state index is 5.52. The second kappa shape index (κ2) is 3.22. The van der Waals surface area contributed by atoms with Crippen molar-refractivity contribution in [3.63, 3.8) is 0 Å². The summed E-state index contributed by atoms with van der Waals surface area (Å²) in [5.74, 6) is 0. The van der Waals surface area contributed by atoms with E-state index < -0.39 is 0 Å². The summed E-state index contributed by atoms with van der Waals surface area (Å²) < 4.78 is 0. The first-order valence-electron chi connectivity index (χ1n) is 4.24. The second-order valence-electron chi connectivity index (χ2n) is 3.01. The van der Waals surface area contributed by atoms with Crippen molar-refractivity contribution in [3.8, 4) is 0 Å². The van der Waals surface area contributed by atoms with Gasteiger partial charge in [-0.1, -0.05) is 6.07 Å². The minimum Gasteiger partial charge on any atom is -0.351 e. The number of aromatic amines is 1. The molecule has 0 unspecified atom stereocenters. The fraction of sp³-hybridized carbons (Fsp3) is 0.222. The van der Waals surface area contributed by atoms with E-state index in [0.29, 0.717) is 12.3 Å². The number of benzene rings is 1. The standard InChI is InChI=1S/C9H10BN3/c10-9-12-7-2-1-6(3-4-11)5-8(7)13-9/h1-2,5H,3-4,11H2,(H,12,13). The van der Waals surface area contributed by atoms with Crippen molar-refractivity contribution in [2.45, 2.75) is 6.42 Å². The normalized spacial score (nSPS) is 10.8. The smallest absolute Gasteiger partial charge is 0.167 e. The third-order valence-corrected chi connectivity index (χ3v) is 2.00. The van der Waals surface area contributed by atoms with Crippen LogP contribution in [0.15, 0.2) is 18.2 Å². The Hall–Kier alpha value is -1.29. The van der Waals surface area contributed by atoms with Crippen molar-refractivity contribution in [1.29, 1.82) is 0 Å². The summed E-state index contributed by atoms with van der Waals surface area (Å²) in [6.07, 6.45) is 0.884. The maximum Gasteiger partial charge on any atom is 0.167 e. The van der Waals surface area contributed by atoms with Crippen molar-refractivity contribution in [1.82, 2.24) is 9.97 Å². The van der Waals surface area contributed by atoms with E-state index in [0.717, 1.165) is 17.5 Å². The number of nitrogens with two attached hydrogens (primary N) is 1. The molecule has 0 fully saturated rings. The zero-order valence-electron chi connectivity index (χ0n) is 7.25. The number of imidazole rings is 1. The van der Waals surface area contributed by atoms with E-state index in [4.69, 9.17) is 13.6 Å². The molecule has 0 saturated heterocycles. The molecule has 0 aliphatic heterocycles. The van der Waals surface area contributed by atoms with E-state index in [-0.39, 0.29) is 0 Å². The predicted molar refractivity (Wildman–Crippen MR) is 54.2 cm³/mol. The Morgan fingerprint density at radius 2 is 2.31 bits per heavy atom. The molecule has 0 aliphatic rings. The first-order valence-corrected chi connectivity index (χ1v) is 4.24. The molecule has 0 amide bonds. The van der Waals surface area contributed by atoms with Crippen LogP contribution in [0.25, 0.3) is 11.0 Å². The third-order valence-electron chi connectivity index (χ3n) is 2.00. The van der Waals surface area contributed by atoms with Gasteiger partial charge in [-0.15, -0.1) is 0 Å². The van der Waals surface area contributed by atoms with E-state index in [1.165, 1.54) is 5.56 Å². The lowest BCUT2D eigenvalue weighted by atomic mass is 10.1. The number of aromatic nitrogens is 2. The Bertz CT molecular complexity index is 422. The van der Waals surface area contributed by atoms with Crippen molar-refractivity contribution < 1.29 is 0 Å². The number of hydrogen-bond donors (Lipinski definition) is 2. The first-order chi connectivity index (χ1) is 6.29. The minimum atomic E-state index is 0.458. The molecule has 2 aromatic rings. The molecule has 2 rings (SSSR count). The molecule has 1 aromatic carbocycles. The van der Waals surface area contributed by atoms with E-state index in [2.05, 4.69) is 9.97 Å². The average molecular weight is 171 g/mol. The number of nitrogens with one attached hydrogen (secondary N) is 1. The van der Waals surface area contributed by atoms with Crippen molar-refractivity contribution in [2.75, 3.05) is 6.54 Å². The number of H-pyrrole nitrogens is 1. The summed E-state index contributed by atoms with van der Waals surface area (Å²) in [6, 6.07) is 6.01. The highest BCUT2D eigenvalue weighted by Crippen LogP contribution is 2.10. The maximum atomic E-state index is 5.52. The first kappa shape index (κ1) is 8.32. The SMILES string of the molecule is [B]c1nc2ccc(CCN)cc2[nH]1. The zero-order valence-corrected chi connectivity index (χ0v) is 7.25. The summed E-state index contributed by atoms with van der Waals surface area (Å²) in [5, 5.41) is 0. The molecule has 0 spiro atoms. The number of fused-ring (bicyclic) bond motifs is 1. The van der Waals surface area contributed by atoms with Gasteiger partial charge in [0.2, 0.25) is 0 Å². The Balaban J connectivity index is 2.48. The van der Waals surface area contributed by atoms with Crippen LogP contribution in [-0.4, -0.2) is 24.4 Å². The summed E-state index contributed by atoms with van der Waals surface area (Å²) in [6.45, 7) is 0.662. The lowest BCUT2D eigenvalue weighted by molar-refractivity contribution is 0.970. The van der Waals surface area contributed by atoms with Gasteiger partial charge in [0, 0.05) is 5.72 Å². The number of rotatable bonds is 2. The van der Waals surface area contributed by atoms with E-state index in [9.17, 15) is 0 Å². The molecular weight excluding hydrogens is 161 g/mol. The van der Waals surface area contributed by atoms with Crippen LogP contribution in [0.2, 0.25) is 0 Å². The van der Waals surface area contributed by atoms with Gasteiger partial charge >= 0.3 is 0 Å². The highest BCUT2D eigenvalue weighted by atomic mass is 14.9. The molecule has 0 aliphatic carbocycles. The summed E-state index contributed by atoms with van der Waals surface area (Å²) >= 11 is 0. The number of hydrogen-bond acceptors (Lipinski definition) is 2. The third kappa shape index (κ3) is 1.58. The van der Waals surface area contributed by atoms with Gasteiger partial charge in [-0.2, -0.15) is 0 Å². The van der Waals surface area contributed by atoms with Crippen LogP contribution in [-0.2, 0) is 6.42 Å². The molecule has 1 aromatic heterocycles. The topological polar surface area (TPSA) is 54.7 Å². The van der Waals surface area contributed by atoms with Gasteiger partial charge in [-0.05, 0) is 30.7 Å². The molecule has 0 atom stereocenters. The molecule has 0 bridgehead atoms. The fourth-order valence-corrected chi connectivity index (χ4v) is 1.40. The summed E-state index contributed by atoms with van der Waals surface area (Å²) in [5.41, 5.74) is 9.00. The molecule has 64 valence electrons. The van der Waals surface area contributed by atoms with Crippen LogP contribution in [0.5, 0.6) is 0 Å². The molecule has 13 heavy (non-hydrogen) atoms. The van der Waals surface area contributed by atoms with Gasteiger partial charge in [-0.3, -0.25) is 0 Å². The van der Waals surface area contributed by atoms with Crippen LogP contribution in [0.3, 0.4) is 0 Å². The van der Waals surface area contributed by atoms with Crippen molar-refractivity contribution >= 4 is 24.6 Å². The van der Waals surface area contributed by atoms with Gasteiger partial charge in [0.05, 0.1) is 11.0 Å². The lowest BCUT2D eigenvalue weighted by Crippen LogP contribution is -2.04. The summed E-state index contributed by atoms with van der Waals surface area (Å²) in [4.78, 5) is 7.09. The minimum absolute atomic E-state index is 0.458. The molecular formula is C9H10BN3. The Morgan fingerprint density at radius 1 is 1.46 bits per heavy atom. The van der Waals surface area contributed by atoms with E-state index >= 15 is 0 Å². The Kier molecular flexibility index (Phi) is 2.06. The van der Waals surface area contributed by atoms with Crippen LogP contribution in [0, 0.1) is 0 Å². The monoisotopic (exact) mass is 171 g/mol. The van der Waals surface area contributed by atoms with Gasteiger partial charge in [0.1, 0.15) is 0 Å². The fourth-order valence-electron chi connectivity index (χ4n) is 1.40. The van der Waals surface area contributed by atoms with Crippen molar-refractivity contribution in [2.24, 2.45) is 5.73 Å². The van der Waals surface area contributed by atoms with E-state index in [1.807, 2.05) is 18.2 Å². The molecule has 3 N–H and O–H groups in total. The van der Waals surface area contributed by atoms with Crippen LogP contribution >= 0.6 is 0 Å². The lowest BCUT2D eigenvalue weighted by Gasteiger charge is -1.96. The summed E-state index contributed by atoms with van der Waals surface area (Å²) in [7, 11) is 5.52.